The minimum Gasteiger partial charge on any atom is -0.452 e. The van der Waals surface area contributed by atoms with E-state index in [4.69, 9.17) is 4.74 Å². The van der Waals surface area contributed by atoms with Crippen molar-refractivity contribution in [2.45, 2.75) is 0 Å². The number of rotatable bonds is 4. The summed E-state index contributed by atoms with van der Waals surface area (Å²) in [7, 11) is 0. The molecule has 0 spiro atoms. The second-order valence-electron chi connectivity index (χ2n) is 6.25. The van der Waals surface area contributed by atoms with Crippen LogP contribution in [0.5, 0.6) is 0 Å². The molecule has 3 aromatic rings. The summed E-state index contributed by atoms with van der Waals surface area (Å²) in [5.41, 5.74) is 1.63. The predicted octanol–water partition coefficient (Wildman–Crippen LogP) is 0.925. The Hall–Kier alpha value is -3.62. The van der Waals surface area contributed by atoms with Crippen molar-refractivity contribution in [1.82, 2.24) is 24.8 Å². The number of carbonyl (C=O) groups is 2. The summed E-state index contributed by atoms with van der Waals surface area (Å²) in [5, 5.41) is 0. The van der Waals surface area contributed by atoms with Crippen LogP contribution in [0.1, 0.15) is 10.4 Å². The minimum absolute atomic E-state index is 0.220. The molecule has 0 unspecified atom stereocenters. The molecule has 1 aromatic carbocycles. The van der Waals surface area contributed by atoms with E-state index in [0.29, 0.717) is 48.7 Å². The van der Waals surface area contributed by atoms with Gasteiger partial charge in [-0.2, -0.15) is 0 Å². The van der Waals surface area contributed by atoms with Gasteiger partial charge < -0.3 is 14.5 Å². The van der Waals surface area contributed by atoms with Crippen LogP contribution in [-0.2, 0) is 9.53 Å². The molecule has 2 aromatic heterocycles. The highest BCUT2D eigenvalue weighted by Crippen LogP contribution is 2.13. The maximum atomic E-state index is 12.4. The summed E-state index contributed by atoms with van der Waals surface area (Å²) in [4.78, 5) is 45.1. The molecule has 28 heavy (non-hydrogen) atoms. The average molecular weight is 378 g/mol. The first-order valence-corrected chi connectivity index (χ1v) is 8.88. The molecule has 0 N–H and O–H groups in total. The summed E-state index contributed by atoms with van der Waals surface area (Å²) >= 11 is 0. The average Bonchev–Trinajstić information content (AvgIpc) is 2.77. The lowest BCUT2D eigenvalue weighted by Crippen LogP contribution is -2.50. The maximum absolute atomic E-state index is 12.4. The Morgan fingerprint density at radius 1 is 0.893 bits per heavy atom. The first-order valence-electron chi connectivity index (χ1n) is 8.88. The number of ether oxygens (including phenoxy) is 1. The third-order valence-corrected chi connectivity index (χ3v) is 4.50. The fourth-order valence-corrected chi connectivity index (χ4v) is 3.00. The third-order valence-electron chi connectivity index (χ3n) is 4.50. The van der Waals surface area contributed by atoms with Crippen LogP contribution < -0.4 is 4.90 Å². The highest BCUT2D eigenvalue weighted by molar-refractivity contribution is 5.94. The highest BCUT2D eigenvalue weighted by atomic mass is 16.5. The van der Waals surface area contributed by atoms with Gasteiger partial charge in [-0.1, -0.05) is 0 Å². The van der Waals surface area contributed by atoms with Gasteiger partial charge in [0.2, 0.25) is 5.95 Å². The van der Waals surface area contributed by atoms with Gasteiger partial charge in [0.25, 0.3) is 5.91 Å². The molecule has 142 valence electrons. The Morgan fingerprint density at radius 2 is 1.61 bits per heavy atom. The molecule has 1 saturated heterocycles. The molecule has 1 amide bonds. The van der Waals surface area contributed by atoms with Crippen LogP contribution in [-0.4, -0.2) is 69.5 Å². The molecule has 1 aliphatic heterocycles. The van der Waals surface area contributed by atoms with E-state index in [9.17, 15) is 9.59 Å². The molecular formula is C19H18N6O3. The molecule has 9 nitrogen and oxygen atoms in total. The molecule has 0 radical (unpaired) electrons. The van der Waals surface area contributed by atoms with Gasteiger partial charge in [-0.05, 0) is 24.3 Å². The van der Waals surface area contributed by atoms with Gasteiger partial charge in [0, 0.05) is 51.0 Å². The van der Waals surface area contributed by atoms with E-state index < -0.39 is 5.97 Å². The first kappa shape index (κ1) is 17.8. The highest BCUT2D eigenvalue weighted by Gasteiger charge is 2.23. The normalized spacial score (nSPS) is 14.1. The zero-order valence-electron chi connectivity index (χ0n) is 15.1. The zero-order chi connectivity index (χ0) is 19.3. The van der Waals surface area contributed by atoms with Crippen LogP contribution in [0.15, 0.2) is 49.1 Å². The van der Waals surface area contributed by atoms with E-state index in [-0.39, 0.29) is 12.5 Å². The van der Waals surface area contributed by atoms with Crippen molar-refractivity contribution in [3.8, 4) is 0 Å². The van der Waals surface area contributed by atoms with Gasteiger partial charge in [-0.3, -0.25) is 14.8 Å². The molecular weight excluding hydrogens is 360 g/mol. The lowest BCUT2D eigenvalue weighted by atomic mass is 10.2. The van der Waals surface area contributed by atoms with E-state index in [1.807, 2.05) is 4.90 Å². The van der Waals surface area contributed by atoms with Gasteiger partial charge >= 0.3 is 5.97 Å². The number of aromatic nitrogens is 4. The molecule has 1 aliphatic rings. The van der Waals surface area contributed by atoms with Gasteiger partial charge in [0.1, 0.15) is 0 Å². The van der Waals surface area contributed by atoms with Crippen molar-refractivity contribution in [2.24, 2.45) is 0 Å². The van der Waals surface area contributed by atoms with Crippen molar-refractivity contribution < 1.29 is 14.3 Å². The lowest BCUT2D eigenvalue weighted by molar-refractivity contribution is -0.134. The van der Waals surface area contributed by atoms with Gasteiger partial charge in [-0.15, -0.1) is 0 Å². The van der Waals surface area contributed by atoms with Gasteiger partial charge in [0.15, 0.2) is 6.61 Å². The summed E-state index contributed by atoms with van der Waals surface area (Å²) in [6.45, 7) is 2.03. The van der Waals surface area contributed by atoms with Gasteiger partial charge in [0.05, 0.1) is 16.6 Å². The number of benzene rings is 1. The molecule has 3 heterocycles. The molecule has 9 heteroatoms. The molecule has 0 bridgehead atoms. The van der Waals surface area contributed by atoms with E-state index >= 15 is 0 Å². The Labute approximate surface area is 161 Å². The lowest BCUT2D eigenvalue weighted by Gasteiger charge is -2.34. The zero-order valence-corrected chi connectivity index (χ0v) is 15.1. The molecule has 0 saturated carbocycles. The molecule has 0 aliphatic carbocycles. The summed E-state index contributed by atoms with van der Waals surface area (Å²) in [6, 6.07) is 6.68. The van der Waals surface area contributed by atoms with Crippen molar-refractivity contribution in [1.29, 1.82) is 0 Å². The summed E-state index contributed by atoms with van der Waals surface area (Å²) in [5.74, 6) is -0.125. The van der Waals surface area contributed by atoms with Crippen LogP contribution in [0.2, 0.25) is 0 Å². The Balaban J connectivity index is 1.30. The molecule has 1 fully saturated rings. The van der Waals surface area contributed by atoms with Crippen molar-refractivity contribution in [2.75, 3.05) is 37.7 Å². The number of hydrogen-bond acceptors (Lipinski definition) is 8. The minimum atomic E-state index is -0.558. The smallest absolute Gasteiger partial charge is 0.338 e. The van der Waals surface area contributed by atoms with E-state index in [2.05, 4.69) is 19.9 Å². The summed E-state index contributed by atoms with van der Waals surface area (Å²) < 4.78 is 5.19. The standard InChI is InChI=1S/C19H18N6O3/c26-17(24-8-10-25(11-9-24)19-22-4-1-5-23-19)13-28-18(27)14-2-3-15-16(12-14)21-7-6-20-15/h1-7,12H,8-11,13H2. The van der Waals surface area contributed by atoms with Gasteiger partial charge in [-0.25, -0.2) is 14.8 Å². The number of esters is 1. The monoisotopic (exact) mass is 378 g/mol. The number of nitrogens with zero attached hydrogens (tertiary/aromatic N) is 6. The summed E-state index contributed by atoms with van der Waals surface area (Å²) in [6.07, 6.45) is 6.53. The Kier molecular flexibility index (Phi) is 5.05. The number of anilines is 1. The molecule has 4 rings (SSSR count). The second-order valence-corrected chi connectivity index (χ2v) is 6.25. The van der Waals surface area contributed by atoms with E-state index in [1.165, 1.54) is 0 Å². The van der Waals surface area contributed by atoms with Crippen molar-refractivity contribution >= 4 is 28.9 Å². The quantitative estimate of drug-likeness (QED) is 0.618. The number of hydrogen-bond donors (Lipinski definition) is 0. The van der Waals surface area contributed by atoms with E-state index in [0.717, 1.165) is 0 Å². The first-order chi connectivity index (χ1) is 13.7. The Bertz CT molecular complexity index is 989. The van der Waals surface area contributed by atoms with Crippen LogP contribution in [0.25, 0.3) is 11.0 Å². The van der Waals surface area contributed by atoms with Crippen molar-refractivity contribution in [3.63, 3.8) is 0 Å². The topological polar surface area (TPSA) is 101 Å². The SMILES string of the molecule is O=C(OCC(=O)N1CCN(c2ncccn2)CC1)c1ccc2nccnc2c1. The van der Waals surface area contributed by atoms with E-state index in [1.54, 1.807) is 54.0 Å². The largest absolute Gasteiger partial charge is 0.452 e. The number of fused-ring (bicyclic) bond motifs is 1. The van der Waals surface area contributed by atoms with Crippen LogP contribution in [0.3, 0.4) is 0 Å². The number of piperazine rings is 1. The fourth-order valence-electron chi connectivity index (χ4n) is 3.00. The maximum Gasteiger partial charge on any atom is 0.338 e. The van der Waals surface area contributed by atoms with Crippen LogP contribution in [0, 0.1) is 0 Å². The number of carbonyl (C=O) groups excluding carboxylic acids is 2. The molecule has 0 atom stereocenters. The Morgan fingerprint density at radius 3 is 2.36 bits per heavy atom. The van der Waals surface area contributed by atoms with Crippen LogP contribution in [0.4, 0.5) is 5.95 Å². The second kappa shape index (κ2) is 7.95. The fraction of sp³-hybridized carbons (Fsp3) is 0.263. The predicted molar refractivity (Wildman–Crippen MR) is 101 cm³/mol. The third kappa shape index (κ3) is 3.88. The van der Waals surface area contributed by atoms with Crippen LogP contribution >= 0.6 is 0 Å². The number of amides is 1. The van der Waals surface area contributed by atoms with Crippen molar-refractivity contribution in [3.05, 3.63) is 54.6 Å².